The lowest BCUT2D eigenvalue weighted by Gasteiger charge is -2.15. The van der Waals surface area contributed by atoms with Crippen molar-refractivity contribution >= 4 is 17.2 Å². The van der Waals surface area contributed by atoms with Gasteiger partial charge in [-0.15, -0.1) is 0 Å². The zero-order valence-electron chi connectivity index (χ0n) is 13.4. The van der Waals surface area contributed by atoms with E-state index in [2.05, 4.69) is 10.1 Å². The van der Waals surface area contributed by atoms with E-state index >= 15 is 0 Å². The third-order valence-electron chi connectivity index (χ3n) is 4.37. The van der Waals surface area contributed by atoms with E-state index in [1.165, 1.54) is 23.5 Å². The van der Waals surface area contributed by atoms with Crippen LogP contribution in [-0.2, 0) is 6.42 Å². The number of aromatic nitrogens is 2. The monoisotopic (exact) mass is 357 g/mol. The lowest BCUT2D eigenvalue weighted by Crippen LogP contribution is -2.28. The van der Waals surface area contributed by atoms with E-state index in [4.69, 9.17) is 4.52 Å². The number of hydrogen-bond donors (Lipinski definition) is 0. The molecular formula is C18H16FN3O2S. The molecule has 0 saturated carbocycles. The minimum Gasteiger partial charge on any atom is -0.338 e. The largest absolute Gasteiger partial charge is 0.338 e. The number of amides is 1. The molecular weight excluding hydrogens is 341 g/mol. The van der Waals surface area contributed by atoms with E-state index in [1.807, 2.05) is 21.7 Å². The summed E-state index contributed by atoms with van der Waals surface area (Å²) in [5.41, 5.74) is 1.45. The smallest absolute Gasteiger partial charge is 0.257 e. The van der Waals surface area contributed by atoms with Gasteiger partial charge in [-0.25, -0.2) is 4.39 Å². The van der Waals surface area contributed by atoms with Crippen LogP contribution in [0.1, 0.15) is 22.6 Å². The van der Waals surface area contributed by atoms with Crippen molar-refractivity contribution in [3.63, 3.8) is 0 Å². The number of carbonyl (C=O) groups excluding carboxylic acids is 1. The number of thiophene rings is 1. The predicted octanol–water partition coefficient (Wildman–Crippen LogP) is 3.64. The van der Waals surface area contributed by atoms with Crippen molar-refractivity contribution in [3.05, 3.63) is 58.3 Å². The first-order chi connectivity index (χ1) is 12.2. The highest BCUT2D eigenvalue weighted by Crippen LogP contribution is 2.24. The van der Waals surface area contributed by atoms with Gasteiger partial charge in [0.2, 0.25) is 0 Å². The standard InChI is InChI=1S/C18H16FN3O2S/c19-15-3-1-13(2-4-15)17-20-16(21-24-17)9-12-5-7-22(10-12)18(23)14-6-8-25-11-14/h1-4,6,8,11-12H,5,7,9-10H2. The van der Waals surface area contributed by atoms with Crippen molar-refractivity contribution < 1.29 is 13.7 Å². The number of likely N-dealkylation sites (tertiary alicyclic amines) is 1. The maximum Gasteiger partial charge on any atom is 0.257 e. The maximum atomic E-state index is 13.0. The molecule has 1 aromatic carbocycles. The van der Waals surface area contributed by atoms with Crippen LogP contribution in [0.5, 0.6) is 0 Å². The first-order valence-corrected chi connectivity index (χ1v) is 9.03. The first-order valence-electron chi connectivity index (χ1n) is 8.09. The third kappa shape index (κ3) is 3.46. The molecule has 1 aliphatic rings. The molecule has 0 aliphatic carbocycles. The summed E-state index contributed by atoms with van der Waals surface area (Å²) in [5, 5.41) is 7.81. The summed E-state index contributed by atoms with van der Waals surface area (Å²) in [6, 6.07) is 7.82. The molecule has 0 bridgehead atoms. The Morgan fingerprint density at radius 2 is 2.16 bits per heavy atom. The summed E-state index contributed by atoms with van der Waals surface area (Å²) in [5.74, 6) is 1.11. The van der Waals surface area contributed by atoms with E-state index in [0.29, 0.717) is 36.2 Å². The van der Waals surface area contributed by atoms with Gasteiger partial charge in [-0.1, -0.05) is 5.16 Å². The second-order valence-corrected chi connectivity index (χ2v) is 6.92. The van der Waals surface area contributed by atoms with Crippen LogP contribution in [0.4, 0.5) is 4.39 Å². The Morgan fingerprint density at radius 3 is 2.92 bits per heavy atom. The molecule has 1 amide bonds. The molecule has 1 atom stereocenters. The van der Waals surface area contributed by atoms with Gasteiger partial charge in [0.25, 0.3) is 11.8 Å². The Hall–Kier alpha value is -2.54. The van der Waals surface area contributed by atoms with Gasteiger partial charge in [-0.3, -0.25) is 4.79 Å². The van der Waals surface area contributed by atoms with E-state index in [1.54, 1.807) is 12.1 Å². The third-order valence-corrected chi connectivity index (χ3v) is 5.05. The molecule has 25 heavy (non-hydrogen) atoms. The summed E-state index contributed by atoms with van der Waals surface area (Å²) < 4.78 is 18.3. The topological polar surface area (TPSA) is 59.2 Å². The SMILES string of the molecule is O=C(c1ccsc1)N1CCC(Cc2noc(-c3ccc(F)cc3)n2)C1. The molecule has 128 valence electrons. The average molecular weight is 357 g/mol. The first kappa shape index (κ1) is 16.0. The number of halogens is 1. The van der Waals surface area contributed by atoms with Crippen molar-refractivity contribution in [2.24, 2.45) is 5.92 Å². The Balaban J connectivity index is 1.39. The fraction of sp³-hybridized carbons (Fsp3) is 0.278. The van der Waals surface area contributed by atoms with Crippen LogP contribution in [-0.4, -0.2) is 34.0 Å². The van der Waals surface area contributed by atoms with Crippen LogP contribution in [0.2, 0.25) is 0 Å². The van der Waals surface area contributed by atoms with Gasteiger partial charge in [-0.2, -0.15) is 16.3 Å². The number of carbonyl (C=O) groups is 1. The Morgan fingerprint density at radius 1 is 1.32 bits per heavy atom. The summed E-state index contributed by atoms with van der Waals surface area (Å²) in [6.07, 6.45) is 1.59. The second-order valence-electron chi connectivity index (χ2n) is 6.14. The maximum absolute atomic E-state index is 13.0. The molecule has 7 heteroatoms. The Labute approximate surface area is 148 Å². The minimum absolute atomic E-state index is 0.0869. The highest BCUT2D eigenvalue weighted by atomic mass is 32.1. The molecule has 1 fully saturated rings. The molecule has 3 aromatic rings. The summed E-state index contributed by atoms with van der Waals surface area (Å²) >= 11 is 1.53. The average Bonchev–Trinajstić information content (AvgIpc) is 3.37. The van der Waals surface area contributed by atoms with Gasteiger partial charge in [0, 0.05) is 30.5 Å². The van der Waals surface area contributed by atoms with E-state index < -0.39 is 0 Å². The Kier molecular flexibility index (Phi) is 4.31. The molecule has 1 saturated heterocycles. The summed E-state index contributed by atoms with van der Waals surface area (Å²) in [6.45, 7) is 1.46. The van der Waals surface area contributed by atoms with Crippen molar-refractivity contribution in [1.82, 2.24) is 15.0 Å². The fourth-order valence-corrected chi connectivity index (χ4v) is 3.69. The summed E-state index contributed by atoms with van der Waals surface area (Å²) in [4.78, 5) is 18.6. The van der Waals surface area contributed by atoms with Crippen LogP contribution in [0.15, 0.2) is 45.6 Å². The Bertz CT molecular complexity index is 861. The highest BCUT2D eigenvalue weighted by Gasteiger charge is 2.28. The molecule has 0 radical (unpaired) electrons. The van der Waals surface area contributed by atoms with Crippen LogP contribution < -0.4 is 0 Å². The quantitative estimate of drug-likeness (QED) is 0.715. The van der Waals surface area contributed by atoms with Crippen LogP contribution in [0, 0.1) is 11.7 Å². The van der Waals surface area contributed by atoms with Gasteiger partial charge in [0.05, 0.1) is 5.56 Å². The van der Waals surface area contributed by atoms with Crippen molar-refractivity contribution in [2.75, 3.05) is 13.1 Å². The van der Waals surface area contributed by atoms with Gasteiger partial charge >= 0.3 is 0 Å². The van der Waals surface area contributed by atoms with E-state index in [-0.39, 0.29) is 11.7 Å². The molecule has 1 aliphatic heterocycles. The summed E-state index contributed by atoms with van der Waals surface area (Å²) in [7, 11) is 0. The number of nitrogens with zero attached hydrogens (tertiary/aromatic N) is 3. The lowest BCUT2D eigenvalue weighted by molar-refractivity contribution is 0.0787. The second kappa shape index (κ2) is 6.76. The van der Waals surface area contributed by atoms with Crippen LogP contribution in [0.3, 0.4) is 0 Å². The highest BCUT2D eigenvalue weighted by molar-refractivity contribution is 7.08. The molecule has 2 aromatic heterocycles. The van der Waals surface area contributed by atoms with Crippen molar-refractivity contribution in [1.29, 1.82) is 0 Å². The molecule has 0 spiro atoms. The minimum atomic E-state index is -0.301. The van der Waals surface area contributed by atoms with E-state index in [0.717, 1.165) is 18.5 Å². The normalized spacial score (nSPS) is 17.2. The van der Waals surface area contributed by atoms with Gasteiger partial charge in [0.15, 0.2) is 5.82 Å². The lowest BCUT2D eigenvalue weighted by atomic mass is 10.0. The molecule has 0 N–H and O–H groups in total. The number of rotatable bonds is 4. The zero-order chi connectivity index (χ0) is 17.2. The van der Waals surface area contributed by atoms with Gasteiger partial charge < -0.3 is 9.42 Å². The van der Waals surface area contributed by atoms with Gasteiger partial charge in [-0.05, 0) is 48.1 Å². The van der Waals surface area contributed by atoms with Crippen molar-refractivity contribution in [2.45, 2.75) is 12.8 Å². The van der Waals surface area contributed by atoms with Crippen LogP contribution in [0.25, 0.3) is 11.5 Å². The molecule has 4 rings (SSSR count). The number of hydrogen-bond acceptors (Lipinski definition) is 5. The van der Waals surface area contributed by atoms with Crippen molar-refractivity contribution in [3.8, 4) is 11.5 Å². The van der Waals surface area contributed by atoms with Crippen LogP contribution >= 0.6 is 11.3 Å². The fourth-order valence-electron chi connectivity index (χ4n) is 3.06. The molecule has 1 unspecified atom stereocenters. The zero-order valence-corrected chi connectivity index (χ0v) is 14.2. The molecule has 5 nitrogen and oxygen atoms in total. The number of benzene rings is 1. The van der Waals surface area contributed by atoms with E-state index in [9.17, 15) is 9.18 Å². The molecule has 3 heterocycles. The van der Waals surface area contributed by atoms with Gasteiger partial charge in [0.1, 0.15) is 5.82 Å². The predicted molar refractivity (Wildman–Crippen MR) is 91.7 cm³/mol.